The highest BCUT2D eigenvalue weighted by atomic mass is 28.4. The van der Waals surface area contributed by atoms with Crippen molar-refractivity contribution in [1.82, 2.24) is 0 Å². The van der Waals surface area contributed by atoms with E-state index in [4.69, 9.17) is 9.85 Å². The third-order valence-corrected chi connectivity index (χ3v) is 7.25. The van der Waals surface area contributed by atoms with Crippen LogP contribution < -0.4 is 5.73 Å². The lowest BCUT2D eigenvalue weighted by Gasteiger charge is -2.22. The van der Waals surface area contributed by atoms with Gasteiger partial charge in [0.05, 0.1) is 0 Å². The number of hydrogen-bond donors (Lipinski definition) is 1. The van der Waals surface area contributed by atoms with E-state index >= 15 is 0 Å². The van der Waals surface area contributed by atoms with Gasteiger partial charge in [0.25, 0.3) is 0 Å². The van der Waals surface area contributed by atoms with E-state index in [2.05, 4.69) is 26.2 Å². The zero-order chi connectivity index (χ0) is 10.5. The van der Waals surface area contributed by atoms with E-state index in [0.29, 0.717) is 6.42 Å². The molecule has 13 heavy (non-hydrogen) atoms. The SMILES string of the molecule is C[SiH](CCCC(N)=O)O[Si](C)(C)C. The molecule has 0 fully saturated rings. The van der Waals surface area contributed by atoms with Crippen molar-refractivity contribution in [3.05, 3.63) is 0 Å². The molecule has 0 aliphatic rings. The summed E-state index contributed by atoms with van der Waals surface area (Å²) in [6.07, 6.45) is 1.40. The van der Waals surface area contributed by atoms with E-state index in [1.54, 1.807) is 0 Å². The first-order valence-electron chi connectivity index (χ1n) is 4.77. The number of hydrogen-bond acceptors (Lipinski definition) is 2. The Balaban J connectivity index is 3.52. The molecule has 0 heterocycles. The van der Waals surface area contributed by atoms with Crippen LogP contribution in [0.2, 0.25) is 32.2 Å². The van der Waals surface area contributed by atoms with Gasteiger partial charge >= 0.3 is 0 Å². The Morgan fingerprint density at radius 2 is 2.00 bits per heavy atom. The van der Waals surface area contributed by atoms with Crippen LogP contribution in [0, 0.1) is 0 Å². The summed E-state index contributed by atoms with van der Waals surface area (Å²) in [6, 6.07) is 1.06. The number of primary amides is 1. The summed E-state index contributed by atoms with van der Waals surface area (Å²) in [7, 11) is -2.38. The summed E-state index contributed by atoms with van der Waals surface area (Å²) in [5.74, 6) is -0.200. The number of carbonyl (C=O) groups excluding carboxylic acids is 1. The molecule has 1 unspecified atom stereocenters. The van der Waals surface area contributed by atoms with Gasteiger partial charge in [0.15, 0.2) is 17.4 Å². The molecule has 78 valence electrons. The first-order chi connectivity index (χ1) is 5.81. The van der Waals surface area contributed by atoms with Crippen LogP contribution in [-0.2, 0) is 8.91 Å². The maximum atomic E-state index is 10.5. The second-order valence-electron chi connectivity index (χ2n) is 4.40. The van der Waals surface area contributed by atoms with E-state index in [9.17, 15) is 4.79 Å². The van der Waals surface area contributed by atoms with E-state index in [1.165, 1.54) is 0 Å². The van der Waals surface area contributed by atoms with Crippen molar-refractivity contribution in [2.75, 3.05) is 0 Å². The predicted molar refractivity (Wildman–Crippen MR) is 60.7 cm³/mol. The lowest BCUT2D eigenvalue weighted by Crippen LogP contribution is -2.33. The molecule has 5 heteroatoms. The zero-order valence-electron chi connectivity index (χ0n) is 9.09. The Hall–Kier alpha value is -0.136. The largest absolute Gasteiger partial charge is 0.458 e. The van der Waals surface area contributed by atoms with Gasteiger partial charge in [-0.05, 0) is 38.7 Å². The first-order valence-corrected chi connectivity index (χ1v) is 10.6. The fourth-order valence-electron chi connectivity index (χ4n) is 1.23. The van der Waals surface area contributed by atoms with Gasteiger partial charge in [-0.1, -0.05) is 0 Å². The van der Waals surface area contributed by atoms with E-state index in [0.717, 1.165) is 12.5 Å². The minimum absolute atomic E-state index is 0.200. The van der Waals surface area contributed by atoms with Crippen LogP contribution in [-0.4, -0.2) is 23.3 Å². The smallest absolute Gasteiger partial charge is 0.217 e. The highest BCUT2D eigenvalue weighted by Gasteiger charge is 2.18. The molecular weight excluding hydrogens is 198 g/mol. The van der Waals surface area contributed by atoms with Crippen LogP contribution in [0.1, 0.15) is 12.8 Å². The van der Waals surface area contributed by atoms with Crippen LogP contribution in [0.5, 0.6) is 0 Å². The number of amides is 1. The zero-order valence-corrected chi connectivity index (χ0v) is 11.2. The normalized spacial score (nSPS) is 14.2. The number of carbonyl (C=O) groups is 1. The van der Waals surface area contributed by atoms with Gasteiger partial charge in [0.1, 0.15) is 0 Å². The highest BCUT2D eigenvalue weighted by Crippen LogP contribution is 2.10. The predicted octanol–water partition coefficient (Wildman–Crippen LogP) is 1.46. The van der Waals surface area contributed by atoms with E-state index < -0.39 is 17.4 Å². The van der Waals surface area contributed by atoms with Crippen molar-refractivity contribution >= 4 is 23.3 Å². The van der Waals surface area contributed by atoms with Crippen molar-refractivity contribution in [3.8, 4) is 0 Å². The molecule has 2 N–H and O–H groups in total. The Morgan fingerprint density at radius 1 is 1.46 bits per heavy atom. The third kappa shape index (κ3) is 9.78. The van der Waals surface area contributed by atoms with E-state index in [-0.39, 0.29) is 5.91 Å². The summed E-state index contributed by atoms with van der Waals surface area (Å²) in [6.45, 7) is 8.79. The Morgan fingerprint density at radius 3 is 2.38 bits per heavy atom. The quantitative estimate of drug-likeness (QED) is 0.688. The lowest BCUT2D eigenvalue weighted by molar-refractivity contribution is -0.118. The average molecular weight is 219 g/mol. The van der Waals surface area contributed by atoms with Crippen molar-refractivity contribution in [1.29, 1.82) is 0 Å². The highest BCUT2D eigenvalue weighted by molar-refractivity contribution is 6.77. The van der Waals surface area contributed by atoms with Gasteiger partial charge in [0.2, 0.25) is 5.91 Å². The first kappa shape index (κ1) is 12.9. The van der Waals surface area contributed by atoms with Gasteiger partial charge in [-0.2, -0.15) is 0 Å². The summed E-state index contributed by atoms with van der Waals surface area (Å²) in [5.41, 5.74) is 5.05. The second kappa shape index (κ2) is 5.56. The van der Waals surface area contributed by atoms with Crippen LogP contribution in [0.25, 0.3) is 0 Å². The Labute approximate surface area is 83.5 Å². The van der Waals surface area contributed by atoms with Crippen LogP contribution in [0.15, 0.2) is 0 Å². The monoisotopic (exact) mass is 219 g/mol. The molecule has 0 aromatic rings. The topological polar surface area (TPSA) is 52.3 Å². The lowest BCUT2D eigenvalue weighted by atomic mass is 10.3. The molecule has 1 atom stereocenters. The standard InChI is InChI=1S/C8H21NO2Si2/c1-12(11-13(2,3)4)7-5-6-8(9)10/h12H,5-7H2,1-4H3,(H2,9,10). The maximum absolute atomic E-state index is 10.5. The fourth-order valence-corrected chi connectivity index (χ4v) is 7.31. The number of nitrogens with two attached hydrogens (primary N) is 1. The van der Waals surface area contributed by atoms with Gasteiger partial charge < -0.3 is 9.85 Å². The van der Waals surface area contributed by atoms with Gasteiger partial charge in [-0.15, -0.1) is 0 Å². The molecule has 0 saturated carbocycles. The Bertz CT molecular complexity index is 168. The summed E-state index contributed by atoms with van der Waals surface area (Å²) >= 11 is 0. The molecule has 0 aromatic carbocycles. The van der Waals surface area contributed by atoms with E-state index in [1.807, 2.05) is 0 Å². The molecule has 0 saturated heterocycles. The third-order valence-electron chi connectivity index (χ3n) is 1.59. The second-order valence-corrected chi connectivity index (χ2v) is 11.8. The molecule has 0 rings (SSSR count). The maximum Gasteiger partial charge on any atom is 0.217 e. The molecular formula is C8H21NO2Si2. The molecule has 1 amide bonds. The van der Waals surface area contributed by atoms with Crippen LogP contribution in [0.4, 0.5) is 0 Å². The molecule has 0 spiro atoms. The molecule has 0 aliphatic carbocycles. The van der Waals surface area contributed by atoms with Crippen LogP contribution in [0.3, 0.4) is 0 Å². The molecule has 3 nitrogen and oxygen atoms in total. The number of rotatable bonds is 6. The fraction of sp³-hybridized carbons (Fsp3) is 0.875. The molecule has 0 aromatic heterocycles. The summed E-state index contributed by atoms with van der Waals surface area (Å²) in [4.78, 5) is 10.5. The summed E-state index contributed by atoms with van der Waals surface area (Å²) < 4.78 is 5.95. The summed E-state index contributed by atoms with van der Waals surface area (Å²) in [5, 5.41) is 0. The van der Waals surface area contributed by atoms with Gasteiger partial charge in [0, 0.05) is 6.42 Å². The van der Waals surface area contributed by atoms with Crippen molar-refractivity contribution in [2.24, 2.45) is 5.73 Å². The Kier molecular flexibility index (Phi) is 5.51. The minimum Gasteiger partial charge on any atom is -0.458 e. The van der Waals surface area contributed by atoms with Crippen molar-refractivity contribution in [2.45, 2.75) is 45.1 Å². The molecule has 0 bridgehead atoms. The van der Waals surface area contributed by atoms with Gasteiger partial charge in [-0.3, -0.25) is 4.79 Å². The average Bonchev–Trinajstić information content (AvgIpc) is 1.81. The van der Waals surface area contributed by atoms with Crippen LogP contribution >= 0.6 is 0 Å². The van der Waals surface area contributed by atoms with Crippen molar-refractivity contribution < 1.29 is 8.91 Å². The minimum atomic E-state index is -1.35. The van der Waals surface area contributed by atoms with Crippen molar-refractivity contribution in [3.63, 3.8) is 0 Å². The molecule has 0 radical (unpaired) electrons. The van der Waals surface area contributed by atoms with Gasteiger partial charge in [-0.25, -0.2) is 0 Å². The molecule has 0 aliphatic heterocycles.